The second kappa shape index (κ2) is 5.23. The number of methoxy groups -OCH3 is 2. The summed E-state index contributed by atoms with van der Waals surface area (Å²) in [6, 6.07) is 1.56. The first-order chi connectivity index (χ1) is 6.76. The van der Waals surface area contributed by atoms with Gasteiger partial charge in [0, 0.05) is 7.11 Å². The Morgan fingerprint density at radius 3 is 2.57 bits per heavy atom. The summed E-state index contributed by atoms with van der Waals surface area (Å²) in [5.74, 6) is 0.882. The summed E-state index contributed by atoms with van der Waals surface area (Å²) in [5.41, 5.74) is 5.43. The molecule has 14 heavy (non-hydrogen) atoms. The van der Waals surface area contributed by atoms with Gasteiger partial charge in [0.05, 0.1) is 19.8 Å². The molecule has 0 unspecified atom stereocenters. The lowest BCUT2D eigenvalue weighted by atomic mass is 10.6. The molecule has 78 valence electrons. The number of nitrogens with two attached hydrogens (primary N) is 1. The molecule has 1 aromatic rings. The number of aromatic nitrogens is 2. The van der Waals surface area contributed by atoms with E-state index in [1.165, 1.54) is 7.11 Å². The summed E-state index contributed by atoms with van der Waals surface area (Å²) in [7, 11) is 3.10. The Kier molecular flexibility index (Phi) is 3.93. The lowest BCUT2D eigenvalue weighted by molar-refractivity contribution is 0.143. The molecular formula is C8H13N3O3. The van der Waals surface area contributed by atoms with Crippen LogP contribution in [0.3, 0.4) is 0 Å². The Morgan fingerprint density at radius 2 is 1.93 bits per heavy atom. The van der Waals surface area contributed by atoms with Crippen LogP contribution in [0.5, 0.6) is 11.8 Å². The molecule has 0 fully saturated rings. The van der Waals surface area contributed by atoms with Crippen molar-refractivity contribution in [3.05, 3.63) is 6.07 Å². The molecule has 0 aliphatic heterocycles. The van der Waals surface area contributed by atoms with Crippen LogP contribution in [0.25, 0.3) is 0 Å². The highest BCUT2D eigenvalue weighted by atomic mass is 16.5. The third-order valence-corrected chi connectivity index (χ3v) is 1.44. The van der Waals surface area contributed by atoms with Crippen molar-refractivity contribution >= 4 is 5.95 Å². The topological polar surface area (TPSA) is 79.5 Å². The number of nitrogens with zero attached hydrogens (tertiary/aromatic N) is 2. The fourth-order valence-corrected chi connectivity index (χ4v) is 0.829. The van der Waals surface area contributed by atoms with E-state index in [0.29, 0.717) is 25.0 Å². The van der Waals surface area contributed by atoms with Crippen LogP contribution in [0.15, 0.2) is 6.07 Å². The minimum Gasteiger partial charge on any atom is -0.481 e. The van der Waals surface area contributed by atoms with Gasteiger partial charge in [0.1, 0.15) is 6.61 Å². The zero-order valence-corrected chi connectivity index (χ0v) is 8.19. The Labute approximate surface area is 82.0 Å². The molecule has 1 aromatic heterocycles. The van der Waals surface area contributed by atoms with E-state index >= 15 is 0 Å². The third-order valence-electron chi connectivity index (χ3n) is 1.44. The first-order valence-corrected chi connectivity index (χ1v) is 4.06. The highest BCUT2D eigenvalue weighted by molar-refractivity contribution is 5.29. The molecule has 0 saturated heterocycles. The summed E-state index contributed by atoms with van der Waals surface area (Å²) in [6.45, 7) is 0.905. The standard InChI is InChI=1S/C8H13N3O3/c1-12-3-4-14-7-5-6(13-2)10-8(9)11-7/h5H,3-4H2,1-2H3,(H2,9,10,11). The Morgan fingerprint density at radius 1 is 1.21 bits per heavy atom. The molecule has 0 amide bonds. The monoisotopic (exact) mass is 199 g/mol. The van der Waals surface area contributed by atoms with Crippen molar-refractivity contribution in [2.24, 2.45) is 0 Å². The van der Waals surface area contributed by atoms with Gasteiger partial charge in [0.25, 0.3) is 0 Å². The quantitative estimate of drug-likeness (QED) is 0.677. The van der Waals surface area contributed by atoms with Crippen molar-refractivity contribution in [3.8, 4) is 11.8 Å². The highest BCUT2D eigenvalue weighted by Crippen LogP contribution is 2.15. The first kappa shape index (κ1) is 10.5. The summed E-state index contributed by atoms with van der Waals surface area (Å²) < 4.78 is 15.0. The van der Waals surface area contributed by atoms with Gasteiger partial charge in [0.2, 0.25) is 17.7 Å². The molecule has 0 saturated carbocycles. The van der Waals surface area contributed by atoms with E-state index < -0.39 is 0 Å². The molecule has 6 heteroatoms. The summed E-state index contributed by atoms with van der Waals surface area (Å²) in [5, 5.41) is 0. The molecule has 1 rings (SSSR count). The van der Waals surface area contributed by atoms with E-state index in [1.807, 2.05) is 0 Å². The molecule has 0 radical (unpaired) electrons. The van der Waals surface area contributed by atoms with Gasteiger partial charge in [-0.05, 0) is 0 Å². The first-order valence-electron chi connectivity index (χ1n) is 4.06. The second-order valence-electron chi connectivity index (χ2n) is 2.45. The molecule has 6 nitrogen and oxygen atoms in total. The number of hydrogen-bond acceptors (Lipinski definition) is 6. The van der Waals surface area contributed by atoms with Crippen molar-refractivity contribution < 1.29 is 14.2 Å². The summed E-state index contributed by atoms with van der Waals surface area (Å²) in [4.78, 5) is 7.68. The van der Waals surface area contributed by atoms with Gasteiger partial charge in [-0.15, -0.1) is 0 Å². The lowest BCUT2D eigenvalue weighted by Crippen LogP contribution is -2.07. The van der Waals surface area contributed by atoms with Gasteiger partial charge < -0.3 is 19.9 Å². The highest BCUT2D eigenvalue weighted by Gasteiger charge is 2.02. The van der Waals surface area contributed by atoms with E-state index in [4.69, 9.17) is 19.9 Å². The maximum Gasteiger partial charge on any atom is 0.226 e. The molecule has 0 aliphatic carbocycles. The van der Waals surface area contributed by atoms with Crippen LogP contribution in [-0.2, 0) is 4.74 Å². The molecule has 0 aliphatic rings. The lowest BCUT2D eigenvalue weighted by Gasteiger charge is -2.06. The van der Waals surface area contributed by atoms with Crippen LogP contribution in [0.4, 0.5) is 5.95 Å². The van der Waals surface area contributed by atoms with E-state index in [9.17, 15) is 0 Å². The predicted molar refractivity (Wildman–Crippen MR) is 50.4 cm³/mol. The Hall–Kier alpha value is -1.56. The molecule has 1 heterocycles. The average molecular weight is 199 g/mol. The van der Waals surface area contributed by atoms with Crippen molar-refractivity contribution in [3.63, 3.8) is 0 Å². The van der Waals surface area contributed by atoms with Crippen molar-refractivity contribution in [1.82, 2.24) is 9.97 Å². The maximum absolute atomic E-state index is 5.43. The molecule has 0 aromatic carbocycles. The minimum atomic E-state index is 0.122. The Balaban J connectivity index is 2.62. The van der Waals surface area contributed by atoms with Crippen LogP contribution in [0.2, 0.25) is 0 Å². The number of rotatable bonds is 5. The molecule has 0 bridgehead atoms. The van der Waals surface area contributed by atoms with Crippen LogP contribution in [-0.4, -0.2) is 37.4 Å². The van der Waals surface area contributed by atoms with Gasteiger partial charge in [0.15, 0.2) is 0 Å². The van der Waals surface area contributed by atoms with Crippen molar-refractivity contribution in [2.75, 3.05) is 33.2 Å². The van der Waals surface area contributed by atoms with E-state index in [0.717, 1.165) is 0 Å². The fourth-order valence-electron chi connectivity index (χ4n) is 0.829. The van der Waals surface area contributed by atoms with E-state index in [2.05, 4.69) is 9.97 Å². The molecular weight excluding hydrogens is 186 g/mol. The van der Waals surface area contributed by atoms with Gasteiger partial charge in [-0.25, -0.2) is 0 Å². The maximum atomic E-state index is 5.43. The van der Waals surface area contributed by atoms with Gasteiger partial charge >= 0.3 is 0 Å². The van der Waals surface area contributed by atoms with Gasteiger partial charge in [-0.3, -0.25) is 0 Å². The second-order valence-corrected chi connectivity index (χ2v) is 2.45. The number of ether oxygens (including phenoxy) is 3. The Bertz CT molecular complexity index is 293. The summed E-state index contributed by atoms with van der Waals surface area (Å²) >= 11 is 0. The van der Waals surface area contributed by atoms with Gasteiger partial charge in [-0.1, -0.05) is 0 Å². The average Bonchev–Trinajstić information content (AvgIpc) is 2.17. The number of anilines is 1. The summed E-state index contributed by atoms with van der Waals surface area (Å²) in [6.07, 6.45) is 0. The zero-order valence-electron chi connectivity index (χ0n) is 8.19. The van der Waals surface area contributed by atoms with Crippen LogP contribution in [0, 0.1) is 0 Å². The van der Waals surface area contributed by atoms with Crippen LogP contribution >= 0.6 is 0 Å². The normalized spacial score (nSPS) is 9.86. The minimum absolute atomic E-state index is 0.122. The molecule has 0 atom stereocenters. The smallest absolute Gasteiger partial charge is 0.226 e. The predicted octanol–water partition coefficient (Wildman–Crippen LogP) is 0.0926. The largest absolute Gasteiger partial charge is 0.481 e. The number of hydrogen-bond donors (Lipinski definition) is 1. The van der Waals surface area contributed by atoms with Crippen LogP contribution in [0.1, 0.15) is 0 Å². The van der Waals surface area contributed by atoms with Crippen LogP contribution < -0.4 is 15.2 Å². The van der Waals surface area contributed by atoms with E-state index in [1.54, 1.807) is 13.2 Å². The van der Waals surface area contributed by atoms with Crippen molar-refractivity contribution in [1.29, 1.82) is 0 Å². The van der Waals surface area contributed by atoms with Crippen molar-refractivity contribution in [2.45, 2.75) is 0 Å². The fraction of sp³-hybridized carbons (Fsp3) is 0.500. The zero-order chi connectivity index (χ0) is 10.4. The SMILES string of the molecule is COCCOc1cc(OC)nc(N)n1. The third kappa shape index (κ3) is 3.06. The van der Waals surface area contributed by atoms with E-state index in [-0.39, 0.29) is 5.95 Å². The molecule has 2 N–H and O–H groups in total. The molecule has 0 spiro atoms. The van der Waals surface area contributed by atoms with Gasteiger partial charge in [-0.2, -0.15) is 9.97 Å². The number of nitrogen functional groups attached to an aromatic ring is 1.